The quantitative estimate of drug-likeness (QED) is 0.772. The van der Waals surface area contributed by atoms with Crippen molar-refractivity contribution in [2.24, 2.45) is 23.2 Å². The van der Waals surface area contributed by atoms with Crippen LogP contribution in [-0.2, 0) is 19.1 Å². The summed E-state index contributed by atoms with van der Waals surface area (Å²) in [4.78, 5) is 37.4. The second-order valence-corrected chi connectivity index (χ2v) is 8.92. The molecule has 1 spiro atoms. The van der Waals surface area contributed by atoms with Crippen molar-refractivity contribution in [3.8, 4) is 0 Å². The molecule has 4 aliphatic carbocycles. The highest BCUT2D eigenvalue weighted by Gasteiger charge is 2.83. The molecule has 0 amide bonds. The molecule has 0 bridgehead atoms. The summed E-state index contributed by atoms with van der Waals surface area (Å²) in [7, 11) is 0. The molecule has 0 aromatic heterocycles. The van der Waals surface area contributed by atoms with Gasteiger partial charge in [0.25, 0.3) is 0 Å². The summed E-state index contributed by atoms with van der Waals surface area (Å²) >= 11 is 0. The number of ketones is 3. The van der Waals surface area contributed by atoms with Crippen LogP contribution < -0.4 is 0 Å². The summed E-state index contributed by atoms with van der Waals surface area (Å²) in [5.74, 6) is 0.518. The first-order valence-corrected chi connectivity index (χ1v) is 9.49. The maximum Gasteiger partial charge on any atom is 0.192 e. The molecule has 1 heterocycles. The Morgan fingerprint density at radius 1 is 1.28 bits per heavy atom. The lowest BCUT2D eigenvalue weighted by molar-refractivity contribution is -0.141. The normalized spacial score (nSPS) is 50.3. The molecule has 0 radical (unpaired) electrons. The molecule has 134 valence electrons. The monoisotopic (exact) mass is 344 g/mol. The Hall–Kier alpha value is -1.33. The lowest BCUT2D eigenvalue weighted by Gasteiger charge is -2.53. The zero-order valence-electron chi connectivity index (χ0n) is 14.5. The van der Waals surface area contributed by atoms with E-state index in [-0.39, 0.29) is 40.5 Å². The van der Waals surface area contributed by atoms with Gasteiger partial charge < -0.3 is 9.84 Å². The van der Waals surface area contributed by atoms with E-state index in [2.05, 4.69) is 6.92 Å². The van der Waals surface area contributed by atoms with Gasteiger partial charge in [0.05, 0.1) is 0 Å². The van der Waals surface area contributed by atoms with E-state index >= 15 is 0 Å². The Morgan fingerprint density at radius 3 is 2.84 bits per heavy atom. The van der Waals surface area contributed by atoms with E-state index in [1.807, 2.05) is 0 Å². The number of ether oxygens (including phenoxy) is 1. The molecule has 5 heteroatoms. The molecule has 6 atom stereocenters. The third-order valence-corrected chi connectivity index (χ3v) is 8.12. The Labute approximate surface area is 146 Å². The molecule has 0 unspecified atom stereocenters. The van der Waals surface area contributed by atoms with Gasteiger partial charge in [-0.05, 0) is 55.4 Å². The summed E-state index contributed by atoms with van der Waals surface area (Å²) in [5.41, 5.74) is -0.599. The van der Waals surface area contributed by atoms with Crippen LogP contribution in [0.2, 0.25) is 0 Å². The van der Waals surface area contributed by atoms with Crippen LogP contribution in [0.3, 0.4) is 0 Å². The van der Waals surface area contributed by atoms with Gasteiger partial charge in [0.2, 0.25) is 0 Å². The molecular formula is C20H24O5. The van der Waals surface area contributed by atoms with Crippen LogP contribution >= 0.6 is 0 Å². The van der Waals surface area contributed by atoms with Gasteiger partial charge in [0.1, 0.15) is 18.0 Å². The van der Waals surface area contributed by atoms with Crippen LogP contribution in [0.25, 0.3) is 0 Å². The van der Waals surface area contributed by atoms with Crippen LogP contribution in [0.1, 0.15) is 51.9 Å². The molecular weight excluding hydrogens is 320 g/mol. The van der Waals surface area contributed by atoms with Gasteiger partial charge >= 0.3 is 0 Å². The Bertz CT molecular complexity index is 738. The van der Waals surface area contributed by atoms with Crippen LogP contribution in [0.15, 0.2) is 11.6 Å². The number of rotatable bonds is 2. The third-order valence-electron chi connectivity index (χ3n) is 8.12. The maximum atomic E-state index is 13.2. The lowest BCUT2D eigenvalue weighted by Crippen LogP contribution is -2.55. The average molecular weight is 344 g/mol. The molecule has 0 aromatic carbocycles. The van der Waals surface area contributed by atoms with Gasteiger partial charge in [-0.25, -0.2) is 0 Å². The van der Waals surface area contributed by atoms with E-state index in [0.717, 1.165) is 31.3 Å². The molecule has 25 heavy (non-hydrogen) atoms. The van der Waals surface area contributed by atoms with Crippen molar-refractivity contribution < 1.29 is 24.2 Å². The molecule has 1 N–H and O–H groups in total. The minimum Gasteiger partial charge on any atom is -0.388 e. The van der Waals surface area contributed by atoms with Crippen molar-refractivity contribution in [1.29, 1.82) is 0 Å². The maximum absolute atomic E-state index is 13.2. The summed E-state index contributed by atoms with van der Waals surface area (Å²) < 4.78 is 5.99. The Morgan fingerprint density at radius 2 is 2.08 bits per heavy atom. The lowest BCUT2D eigenvalue weighted by atomic mass is 9.49. The smallest absolute Gasteiger partial charge is 0.192 e. The van der Waals surface area contributed by atoms with Crippen molar-refractivity contribution in [3.63, 3.8) is 0 Å². The van der Waals surface area contributed by atoms with Crippen molar-refractivity contribution >= 4 is 17.3 Å². The van der Waals surface area contributed by atoms with Crippen molar-refractivity contribution in [3.05, 3.63) is 11.6 Å². The zero-order chi connectivity index (χ0) is 17.6. The van der Waals surface area contributed by atoms with E-state index in [9.17, 15) is 19.5 Å². The number of Topliss-reactive ketones (excluding diaryl/α,β-unsaturated/α-hetero) is 2. The fourth-order valence-corrected chi connectivity index (χ4v) is 6.99. The third kappa shape index (κ3) is 1.69. The SMILES string of the molecule is C[C@]12CCC(=O)C=C1CC[C@@H]1[C@@H]2C(=O)C[C@]23O[C@]2(C(=O)CO)CC[C@@H]13. The summed E-state index contributed by atoms with van der Waals surface area (Å²) in [6.07, 6.45) is 6.65. The second-order valence-electron chi connectivity index (χ2n) is 8.92. The number of hydrogen-bond donors (Lipinski definition) is 1. The van der Waals surface area contributed by atoms with Gasteiger partial charge in [-0.1, -0.05) is 12.5 Å². The number of carbonyl (C=O) groups is 3. The second kappa shape index (κ2) is 4.68. The van der Waals surface area contributed by atoms with Gasteiger partial charge in [-0.15, -0.1) is 0 Å². The van der Waals surface area contributed by atoms with E-state index in [0.29, 0.717) is 19.3 Å². The number of carbonyl (C=O) groups excluding carboxylic acids is 3. The molecule has 4 fully saturated rings. The zero-order valence-corrected chi connectivity index (χ0v) is 14.5. The number of fused-ring (bicyclic) bond motifs is 4. The Kier molecular flexibility index (Phi) is 2.98. The summed E-state index contributed by atoms with van der Waals surface area (Å²) in [5, 5.41) is 9.34. The first-order chi connectivity index (χ1) is 11.9. The van der Waals surface area contributed by atoms with Crippen LogP contribution in [-0.4, -0.2) is 40.3 Å². The predicted octanol–water partition coefficient (Wildman–Crippen LogP) is 1.76. The predicted molar refractivity (Wildman–Crippen MR) is 87.6 cm³/mol. The minimum atomic E-state index is -0.896. The molecule has 1 aliphatic heterocycles. The fraction of sp³-hybridized carbons (Fsp3) is 0.750. The number of allylic oxidation sites excluding steroid dienone is 1. The van der Waals surface area contributed by atoms with Gasteiger partial charge in [-0.2, -0.15) is 0 Å². The van der Waals surface area contributed by atoms with E-state index < -0.39 is 17.8 Å². The highest BCUT2D eigenvalue weighted by molar-refractivity contribution is 5.97. The highest BCUT2D eigenvalue weighted by Crippen LogP contribution is 2.72. The standard InChI is InChI=1S/C20H24O5/c1-18-6-4-12(22)8-11(18)2-3-13-14-5-7-19(16(24)10-21)20(14,25-19)9-15(23)17(13)18/h8,13-14,17,21H,2-7,9-10H2,1H3/t13-,14-,17+,18-,19-,20+/m0/s1. The van der Waals surface area contributed by atoms with Crippen LogP contribution in [0, 0.1) is 23.2 Å². The van der Waals surface area contributed by atoms with Crippen LogP contribution in [0.4, 0.5) is 0 Å². The topological polar surface area (TPSA) is 84.0 Å². The summed E-state index contributed by atoms with van der Waals surface area (Å²) in [6, 6.07) is 0. The number of hydrogen-bond acceptors (Lipinski definition) is 5. The van der Waals surface area contributed by atoms with Gasteiger partial charge in [0, 0.05) is 18.8 Å². The molecule has 1 saturated heterocycles. The molecule has 5 aliphatic rings. The molecule has 0 aromatic rings. The first kappa shape index (κ1) is 15.9. The van der Waals surface area contributed by atoms with Crippen molar-refractivity contribution in [1.82, 2.24) is 0 Å². The van der Waals surface area contributed by atoms with Crippen molar-refractivity contribution in [2.75, 3.05) is 6.61 Å². The van der Waals surface area contributed by atoms with E-state index in [4.69, 9.17) is 4.74 Å². The fourth-order valence-electron chi connectivity index (χ4n) is 6.99. The number of aliphatic hydroxyl groups excluding tert-OH is 1. The number of epoxide rings is 1. The van der Waals surface area contributed by atoms with E-state index in [1.54, 1.807) is 6.08 Å². The van der Waals surface area contributed by atoms with Crippen molar-refractivity contribution in [2.45, 2.75) is 63.1 Å². The Balaban J connectivity index is 1.53. The largest absolute Gasteiger partial charge is 0.388 e. The highest BCUT2D eigenvalue weighted by atomic mass is 16.6. The summed E-state index contributed by atoms with van der Waals surface area (Å²) in [6.45, 7) is 1.65. The molecule has 3 saturated carbocycles. The number of aliphatic hydroxyl groups is 1. The van der Waals surface area contributed by atoms with Crippen LogP contribution in [0.5, 0.6) is 0 Å². The van der Waals surface area contributed by atoms with E-state index in [1.165, 1.54) is 0 Å². The average Bonchev–Trinajstić information content (AvgIpc) is 3.11. The molecule has 5 nitrogen and oxygen atoms in total. The first-order valence-electron chi connectivity index (χ1n) is 9.49. The van der Waals surface area contributed by atoms with Gasteiger partial charge in [-0.3, -0.25) is 14.4 Å². The minimum absolute atomic E-state index is 0.0551. The van der Waals surface area contributed by atoms with Gasteiger partial charge in [0.15, 0.2) is 17.2 Å². The molecule has 5 rings (SSSR count).